The molecular weight excluding hydrogens is 396 g/mol. The van der Waals surface area contributed by atoms with Gasteiger partial charge >= 0.3 is 5.63 Å². The third-order valence-corrected chi connectivity index (χ3v) is 6.38. The summed E-state index contributed by atoms with van der Waals surface area (Å²) in [4.78, 5) is 27.8. The van der Waals surface area contributed by atoms with Crippen molar-refractivity contribution in [2.24, 2.45) is 0 Å². The van der Waals surface area contributed by atoms with E-state index in [0.717, 1.165) is 39.1 Å². The Labute approximate surface area is 182 Å². The number of carbonyl (C=O) groups is 1. The first-order chi connectivity index (χ1) is 15.0. The highest BCUT2D eigenvalue weighted by molar-refractivity contribution is 6.05. The summed E-state index contributed by atoms with van der Waals surface area (Å²) in [6.45, 7) is 7.70. The average molecular weight is 429 g/mol. The molecule has 0 radical (unpaired) electrons. The molecule has 1 saturated carbocycles. The van der Waals surface area contributed by atoms with Gasteiger partial charge in [-0.3, -0.25) is 9.69 Å². The molecule has 0 atom stereocenters. The molecule has 0 unspecified atom stereocenters. The zero-order chi connectivity index (χ0) is 21.8. The highest BCUT2D eigenvalue weighted by Crippen LogP contribution is 2.34. The molecule has 2 heterocycles. The van der Waals surface area contributed by atoms with Crippen LogP contribution in [0.5, 0.6) is 5.75 Å². The van der Waals surface area contributed by atoms with Crippen molar-refractivity contribution in [3.63, 3.8) is 0 Å². The lowest BCUT2D eigenvalue weighted by molar-refractivity contribution is -0.0361. The molecule has 1 aliphatic carbocycles. The molecule has 0 spiro atoms. The number of ether oxygens (including phenoxy) is 2. The fraction of sp³-hybridized carbons (Fsp3) is 0.583. The molecular formula is C24H32N2O5. The van der Waals surface area contributed by atoms with Gasteiger partial charge in [0, 0.05) is 42.7 Å². The van der Waals surface area contributed by atoms with Crippen LogP contribution in [0.3, 0.4) is 0 Å². The standard InChI is InChI=1S/C24H32N2O5/c1-17(2)30-18-6-7-19-20(15-22(27)31-21(19)14-18)23(28)25-16-24(8-4-3-5-9-24)26-10-12-29-13-11-26/h6-7,14-15,17H,3-5,8-13,16H2,1-2H3,(H,25,28). The van der Waals surface area contributed by atoms with Gasteiger partial charge in [0.1, 0.15) is 11.3 Å². The summed E-state index contributed by atoms with van der Waals surface area (Å²) < 4.78 is 16.6. The molecule has 7 heteroatoms. The molecule has 2 fully saturated rings. The number of nitrogens with zero attached hydrogens (tertiary/aromatic N) is 1. The number of hydrogen-bond donors (Lipinski definition) is 1. The molecule has 1 amide bonds. The van der Waals surface area contributed by atoms with E-state index in [1.165, 1.54) is 25.3 Å². The Morgan fingerprint density at radius 1 is 1.16 bits per heavy atom. The Morgan fingerprint density at radius 2 is 1.90 bits per heavy atom. The molecule has 1 aliphatic heterocycles. The Morgan fingerprint density at radius 3 is 2.61 bits per heavy atom. The van der Waals surface area contributed by atoms with Crippen molar-refractivity contribution >= 4 is 16.9 Å². The molecule has 168 valence electrons. The van der Waals surface area contributed by atoms with Gasteiger partial charge in [-0.25, -0.2) is 4.79 Å². The minimum Gasteiger partial charge on any atom is -0.491 e. The van der Waals surface area contributed by atoms with Crippen LogP contribution in [-0.4, -0.2) is 55.3 Å². The summed E-state index contributed by atoms with van der Waals surface area (Å²) in [7, 11) is 0. The minimum atomic E-state index is -0.542. The Balaban J connectivity index is 1.56. The topological polar surface area (TPSA) is 81.0 Å². The fourth-order valence-electron chi connectivity index (χ4n) is 4.87. The summed E-state index contributed by atoms with van der Waals surface area (Å²) in [5.74, 6) is 0.366. The van der Waals surface area contributed by atoms with E-state index in [0.29, 0.717) is 28.8 Å². The number of amides is 1. The van der Waals surface area contributed by atoms with Crippen LogP contribution in [-0.2, 0) is 4.74 Å². The van der Waals surface area contributed by atoms with Gasteiger partial charge in [-0.15, -0.1) is 0 Å². The van der Waals surface area contributed by atoms with Crippen molar-refractivity contribution in [3.05, 3.63) is 40.2 Å². The van der Waals surface area contributed by atoms with Crippen LogP contribution in [0.1, 0.15) is 56.3 Å². The third-order valence-electron chi connectivity index (χ3n) is 6.38. The van der Waals surface area contributed by atoms with Gasteiger partial charge in [0.2, 0.25) is 0 Å². The van der Waals surface area contributed by atoms with Crippen molar-refractivity contribution in [1.29, 1.82) is 0 Å². The molecule has 4 rings (SSSR count). The van der Waals surface area contributed by atoms with Crippen LogP contribution in [0, 0.1) is 0 Å². The molecule has 31 heavy (non-hydrogen) atoms. The molecule has 1 aromatic carbocycles. The monoisotopic (exact) mass is 428 g/mol. The maximum absolute atomic E-state index is 13.2. The molecule has 0 bridgehead atoms. The van der Waals surface area contributed by atoms with E-state index < -0.39 is 5.63 Å². The van der Waals surface area contributed by atoms with Crippen molar-refractivity contribution in [2.45, 2.75) is 57.6 Å². The van der Waals surface area contributed by atoms with E-state index in [2.05, 4.69) is 10.2 Å². The van der Waals surface area contributed by atoms with E-state index in [1.807, 2.05) is 13.8 Å². The number of morpholine rings is 1. The maximum Gasteiger partial charge on any atom is 0.337 e. The van der Waals surface area contributed by atoms with E-state index >= 15 is 0 Å². The summed E-state index contributed by atoms with van der Waals surface area (Å²) in [5.41, 5.74) is 0.122. The van der Waals surface area contributed by atoms with Crippen LogP contribution in [0.25, 0.3) is 11.0 Å². The highest BCUT2D eigenvalue weighted by atomic mass is 16.5. The predicted octanol–water partition coefficient (Wildman–Crippen LogP) is 3.35. The van der Waals surface area contributed by atoms with Gasteiger partial charge in [0.05, 0.1) is 24.9 Å². The minimum absolute atomic E-state index is 0.00234. The van der Waals surface area contributed by atoms with Gasteiger partial charge in [0.25, 0.3) is 5.91 Å². The van der Waals surface area contributed by atoms with Crippen molar-refractivity contribution < 1.29 is 18.7 Å². The maximum atomic E-state index is 13.2. The van der Waals surface area contributed by atoms with Gasteiger partial charge in [-0.1, -0.05) is 19.3 Å². The molecule has 1 N–H and O–H groups in total. The number of fused-ring (bicyclic) bond motifs is 1. The highest BCUT2D eigenvalue weighted by Gasteiger charge is 2.39. The second-order valence-electron chi connectivity index (χ2n) is 8.87. The van der Waals surface area contributed by atoms with Gasteiger partial charge in [0.15, 0.2) is 0 Å². The summed E-state index contributed by atoms with van der Waals surface area (Å²) in [5, 5.41) is 3.75. The van der Waals surface area contributed by atoms with Gasteiger partial charge < -0.3 is 19.2 Å². The molecule has 7 nitrogen and oxygen atoms in total. The number of hydrogen-bond acceptors (Lipinski definition) is 6. The first-order valence-electron chi connectivity index (χ1n) is 11.3. The van der Waals surface area contributed by atoms with Crippen LogP contribution in [0.4, 0.5) is 0 Å². The number of benzene rings is 1. The van der Waals surface area contributed by atoms with E-state index in [9.17, 15) is 9.59 Å². The summed E-state index contributed by atoms with van der Waals surface area (Å²) >= 11 is 0. The first kappa shape index (κ1) is 21.8. The number of carbonyl (C=O) groups excluding carboxylic acids is 1. The Bertz CT molecular complexity index is 972. The molecule has 1 saturated heterocycles. The van der Waals surface area contributed by atoms with Crippen LogP contribution < -0.4 is 15.7 Å². The van der Waals surface area contributed by atoms with E-state index in [4.69, 9.17) is 13.9 Å². The molecule has 1 aromatic heterocycles. The summed E-state index contributed by atoms with van der Waals surface area (Å²) in [6, 6.07) is 6.53. The van der Waals surface area contributed by atoms with Crippen molar-refractivity contribution in [3.8, 4) is 5.75 Å². The zero-order valence-electron chi connectivity index (χ0n) is 18.4. The lowest BCUT2D eigenvalue weighted by atomic mass is 9.79. The molecule has 2 aliphatic rings. The predicted molar refractivity (Wildman–Crippen MR) is 119 cm³/mol. The van der Waals surface area contributed by atoms with Crippen LogP contribution in [0.2, 0.25) is 0 Å². The average Bonchev–Trinajstić information content (AvgIpc) is 2.77. The Hall–Kier alpha value is -2.38. The molecule has 2 aromatic rings. The second-order valence-corrected chi connectivity index (χ2v) is 8.87. The SMILES string of the molecule is CC(C)Oc1ccc2c(C(=O)NCC3(N4CCOCC4)CCCCC3)cc(=O)oc2c1. The van der Waals surface area contributed by atoms with Crippen molar-refractivity contribution in [2.75, 3.05) is 32.8 Å². The normalized spacial score (nSPS) is 19.5. The number of nitrogens with one attached hydrogen (secondary N) is 1. The number of rotatable bonds is 6. The van der Waals surface area contributed by atoms with E-state index in [-0.39, 0.29) is 17.6 Å². The summed E-state index contributed by atoms with van der Waals surface area (Å²) in [6.07, 6.45) is 5.72. The van der Waals surface area contributed by atoms with Crippen molar-refractivity contribution in [1.82, 2.24) is 10.2 Å². The van der Waals surface area contributed by atoms with Gasteiger partial charge in [-0.2, -0.15) is 0 Å². The quantitative estimate of drug-likeness (QED) is 0.711. The van der Waals surface area contributed by atoms with Gasteiger partial charge in [-0.05, 0) is 38.8 Å². The fourth-order valence-corrected chi connectivity index (χ4v) is 4.87. The largest absolute Gasteiger partial charge is 0.491 e. The van der Waals surface area contributed by atoms with Crippen LogP contribution in [0.15, 0.2) is 33.5 Å². The lowest BCUT2D eigenvalue weighted by Gasteiger charge is -2.48. The second kappa shape index (κ2) is 9.40. The van der Waals surface area contributed by atoms with Crippen LogP contribution >= 0.6 is 0 Å². The first-order valence-corrected chi connectivity index (χ1v) is 11.3. The lowest BCUT2D eigenvalue weighted by Crippen LogP contribution is -2.59. The van der Waals surface area contributed by atoms with E-state index in [1.54, 1.807) is 18.2 Å². The Kier molecular flexibility index (Phi) is 6.62. The smallest absolute Gasteiger partial charge is 0.337 e. The third kappa shape index (κ3) is 4.93. The zero-order valence-corrected chi connectivity index (χ0v) is 18.4.